The molecule has 100 valence electrons. The topological polar surface area (TPSA) is 26.0 Å². The molecule has 3 atom stereocenters. The van der Waals surface area contributed by atoms with Crippen LogP contribution in [0.2, 0.25) is 0 Å². The second kappa shape index (κ2) is 6.47. The molecular weight excluding hydrogens is 226 g/mol. The van der Waals surface area contributed by atoms with E-state index in [1.54, 1.807) is 0 Å². The average Bonchev–Trinajstić information content (AvgIpc) is 2.80. The van der Waals surface area contributed by atoms with Crippen LogP contribution in [0.5, 0.6) is 0 Å². The largest absolute Gasteiger partial charge is 0.327 e. The lowest BCUT2D eigenvalue weighted by molar-refractivity contribution is 0.266. The highest BCUT2D eigenvalue weighted by atomic mass is 32.2. The van der Waals surface area contributed by atoms with Crippen LogP contribution in [0.15, 0.2) is 0 Å². The Morgan fingerprint density at radius 3 is 2.47 bits per heavy atom. The van der Waals surface area contributed by atoms with E-state index in [2.05, 4.69) is 25.6 Å². The van der Waals surface area contributed by atoms with Gasteiger partial charge in [-0.25, -0.2) is 0 Å². The van der Waals surface area contributed by atoms with Crippen molar-refractivity contribution in [2.24, 2.45) is 23.5 Å². The molecule has 0 spiro atoms. The summed E-state index contributed by atoms with van der Waals surface area (Å²) < 4.78 is 0. The van der Waals surface area contributed by atoms with Crippen LogP contribution >= 0.6 is 11.8 Å². The fourth-order valence-corrected chi connectivity index (χ4v) is 5.04. The van der Waals surface area contributed by atoms with Crippen molar-refractivity contribution < 1.29 is 0 Å². The number of hydrogen-bond acceptors (Lipinski definition) is 2. The first-order valence-electron chi connectivity index (χ1n) is 7.54. The summed E-state index contributed by atoms with van der Waals surface area (Å²) >= 11 is 2.20. The van der Waals surface area contributed by atoms with Crippen molar-refractivity contribution in [3.05, 3.63) is 0 Å². The lowest BCUT2D eigenvalue weighted by atomic mass is 9.79. The summed E-state index contributed by atoms with van der Waals surface area (Å²) in [6, 6.07) is 0.469. The third kappa shape index (κ3) is 3.89. The van der Waals surface area contributed by atoms with E-state index >= 15 is 0 Å². The third-order valence-electron chi connectivity index (χ3n) is 4.85. The lowest BCUT2D eigenvalue weighted by Gasteiger charge is -2.36. The van der Waals surface area contributed by atoms with Gasteiger partial charge in [-0.1, -0.05) is 26.7 Å². The van der Waals surface area contributed by atoms with Crippen LogP contribution in [0.25, 0.3) is 0 Å². The van der Waals surface area contributed by atoms with Gasteiger partial charge in [-0.15, -0.1) is 0 Å². The Labute approximate surface area is 111 Å². The van der Waals surface area contributed by atoms with Crippen LogP contribution < -0.4 is 5.73 Å². The minimum atomic E-state index is 0.469. The molecule has 0 aliphatic heterocycles. The molecule has 2 fully saturated rings. The molecule has 0 bridgehead atoms. The lowest BCUT2D eigenvalue weighted by Crippen LogP contribution is -2.39. The number of thioether (sulfide) groups is 1. The maximum absolute atomic E-state index is 6.31. The van der Waals surface area contributed by atoms with Gasteiger partial charge < -0.3 is 5.73 Å². The summed E-state index contributed by atoms with van der Waals surface area (Å²) in [7, 11) is 0. The third-order valence-corrected chi connectivity index (χ3v) is 6.48. The van der Waals surface area contributed by atoms with Crippen molar-refractivity contribution in [2.45, 2.75) is 70.1 Å². The predicted octanol–water partition coefficient (Wildman–Crippen LogP) is 4.06. The van der Waals surface area contributed by atoms with Crippen LogP contribution in [0.3, 0.4) is 0 Å². The standard InChI is InChI=1S/C15H29NS/c1-11(2)13-7-8-14(16)15(9-13)17-10-12-5-3-4-6-12/h11-15H,3-10,16H2,1-2H3. The average molecular weight is 255 g/mol. The van der Waals surface area contributed by atoms with Crippen molar-refractivity contribution >= 4 is 11.8 Å². The number of nitrogens with two attached hydrogens (primary N) is 1. The molecule has 2 aliphatic carbocycles. The first-order valence-corrected chi connectivity index (χ1v) is 8.59. The highest BCUT2D eigenvalue weighted by molar-refractivity contribution is 7.99. The minimum Gasteiger partial charge on any atom is -0.327 e. The van der Waals surface area contributed by atoms with Crippen LogP contribution in [0.4, 0.5) is 0 Å². The molecule has 0 saturated heterocycles. The van der Waals surface area contributed by atoms with E-state index in [9.17, 15) is 0 Å². The Hall–Kier alpha value is 0.310. The number of hydrogen-bond donors (Lipinski definition) is 1. The van der Waals surface area contributed by atoms with Crippen LogP contribution in [0.1, 0.15) is 58.8 Å². The van der Waals surface area contributed by atoms with Gasteiger partial charge in [-0.05, 0) is 55.6 Å². The number of rotatable bonds is 4. The summed E-state index contributed by atoms with van der Waals surface area (Å²) in [5, 5.41) is 0.747. The van der Waals surface area contributed by atoms with E-state index < -0.39 is 0 Å². The normalized spacial score (nSPS) is 35.6. The Morgan fingerprint density at radius 2 is 1.82 bits per heavy atom. The highest BCUT2D eigenvalue weighted by Crippen LogP contribution is 2.37. The predicted molar refractivity (Wildman–Crippen MR) is 78.4 cm³/mol. The van der Waals surface area contributed by atoms with Crippen molar-refractivity contribution in [3.63, 3.8) is 0 Å². The second-order valence-electron chi connectivity index (χ2n) is 6.50. The molecule has 0 aromatic carbocycles. The fourth-order valence-electron chi connectivity index (χ4n) is 3.42. The molecule has 0 aromatic heterocycles. The van der Waals surface area contributed by atoms with E-state index in [1.165, 1.54) is 50.7 Å². The maximum Gasteiger partial charge on any atom is 0.0201 e. The summed E-state index contributed by atoms with van der Waals surface area (Å²) in [4.78, 5) is 0. The van der Waals surface area contributed by atoms with E-state index in [1.807, 2.05) is 0 Å². The van der Waals surface area contributed by atoms with Crippen LogP contribution in [0, 0.1) is 17.8 Å². The Balaban J connectivity index is 1.76. The van der Waals surface area contributed by atoms with E-state index in [4.69, 9.17) is 5.73 Å². The Bertz CT molecular complexity index is 223. The molecule has 0 aromatic rings. The summed E-state index contributed by atoms with van der Waals surface area (Å²) in [6.07, 6.45) is 9.87. The smallest absolute Gasteiger partial charge is 0.0201 e. The monoisotopic (exact) mass is 255 g/mol. The van der Waals surface area contributed by atoms with Gasteiger partial charge in [0.1, 0.15) is 0 Å². The molecule has 2 N–H and O–H groups in total. The van der Waals surface area contributed by atoms with E-state index in [0.717, 1.165) is 23.0 Å². The first kappa shape index (κ1) is 13.7. The second-order valence-corrected chi connectivity index (χ2v) is 7.78. The van der Waals surface area contributed by atoms with Gasteiger partial charge in [0, 0.05) is 11.3 Å². The van der Waals surface area contributed by atoms with Crippen molar-refractivity contribution in [2.75, 3.05) is 5.75 Å². The van der Waals surface area contributed by atoms with Gasteiger partial charge in [0.15, 0.2) is 0 Å². The molecule has 2 rings (SSSR count). The molecule has 2 saturated carbocycles. The van der Waals surface area contributed by atoms with Crippen molar-refractivity contribution in [1.29, 1.82) is 0 Å². The first-order chi connectivity index (χ1) is 8.16. The van der Waals surface area contributed by atoms with E-state index in [0.29, 0.717) is 6.04 Å². The van der Waals surface area contributed by atoms with E-state index in [-0.39, 0.29) is 0 Å². The van der Waals surface area contributed by atoms with Crippen molar-refractivity contribution in [3.8, 4) is 0 Å². The molecule has 0 radical (unpaired) electrons. The maximum atomic E-state index is 6.31. The molecule has 3 unspecified atom stereocenters. The van der Waals surface area contributed by atoms with Crippen LogP contribution in [-0.2, 0) is 0 Å². The van der Waals surface area contributed by atoms with Gasteiger partial charge in [0.25, 0.3) is 0 Å². The van der Waals surface area contributed by atoms with Gasteiger partial charge in [-0.3, -0.25) is 0 Å². The van der Waals surface area contributed by atoms with Gasteiger partial charge in [0.2, 0.25) is 0 Å². The van der Waals surface area contributed by atoms with Gasteiger partial charge >= 0.3 is 0 Å². The molecule has 1 nitrogen and oxygen atoms in total. The molecule has 2 aliphatic rings. The zero-order valence-electron chi connectivity index (χ0n) is 11.5. The summed E-state index contributed by atoms with van der Waals surface area (Å²) in [5.41, 5.74) is 6.31. The molecular formula is C15H29NS. The summed E-state index contributed by atoms with van der Waals surface area (Å²) in [5.74, 6) is 4.16. The summed E-state index contributed by atoms with van der Waals surface area (Å²) in [6.45, 7) is 4.75. The Morgan fingerprint density at radius 1 is 1.12 bits per heavy atom. The minimum absolute atomic E-state index is 0.469. The Kier molecular flexibility index (Phi) is 5.23. The molecule has 2 heteroatoms. The van der Waals surface area contributed by atoms with Gasteiger partial charge in [0.05, 0.1) is 0 Å². The fraction of sp³-hybridized carbons (Fsp3) is 1.00. The quantitative estimate of drug-likeness (QED) is 0.820. The van der Waals surface area contributed by atoms with Gasteiger partial charge in [-0.2, -0.15) is 11.8 Å². The molecule has 0 amide bonds. The molecule has 0 heterocycles. The van der Waals surface area contributed by atoms with Crippen LogP contribution in [-0.4, -0.2) is 17.0 Å². The zero-order valence-corrected chi connectivity index (χ0v) is 12.3. The SMILES string of the molecule is CC(C)C1CCC(N)C(SCC2CCCC2)C1. The molecule has 17 heavy (non-hydrogen) atoms. The van der Waals surface area contributed by atoms with Crippen molar-refractivity contribution in [1.82, 2.24) is 0 Å². The highest BCUT2D eigenvalue weighted by Gasteiger charge is 2.30. The zero-order chi connectivity index (χ0) is 12.3.